The maximum absolute atomic E-state index is 12.1. The number of aliphatic carboxylic acids is 1. The van der Waals surface area contributed by atoms with Crippen LogP contribution in [0.2, 0.25) is 0 Å². The molecule has 0 aliphatic heterocycles. The van der Waals surface area contributed by atoms with Crippen molar-refractivity contribution in [2.45, 2.75) is 6.92 Å². The van der Waals surface area contributed by atoms with Gasteiger partial charge in [-0.25, -0.2) is 0 Å². The van der Waals surface area contributed by atoms with E-state index in [0.29, 0.717) is 16.9 Å². The smallest absolute Gasteiger partial charge is 0.548 e. The van der Waals surface area contributed by atoms with E-state index in [4.69, 9.17) is 0 Å². The summed E-state index contributed by atoms with van der Waals surface area (Å²) >= 11 is 0. The van der Waals surface area contributed by atoms with Gasteiger partial charge in [-0.2, -0.15) is 0 Å². The minimum atomic E-state index is -1.23. The molecule has 0 heterocycles. The number of amides is 1. The predicted molar refractivity (Wildman–Crippen MR) is 87.7 cm³/mol. The van der Waals surface area contributed by atoms with Crippen molar-refractivity contribution in [2.75, 3.05) is 18.9 Å². The van der Waals surface area contributed by atoms with E-state index in [9.17, 15) is 14.7 Å². The van der Waals surface area contributed by atoms with E-state index in [-0.39, 0.29) is 42.0 Å². The number of aryl methyl sites for hydroxylation is 1. The van der Waals surface area contributed by atoms with Gasteiger partial charge in [0.1, 0.15) is 0 Å². The van der Waals surface area contributed by atoms with Crippen LogP contribution in [0.25, 0.3) is 0 Å². The number of carbonyl (C=O) groups excluding carboxylic acids is 2. The molecule has 0 fully saturated rings. The van der Waals surface area contributed by atoms with Crippen LogP contribution < -0.4 is 40.0 Å². The Morgan fingerprint density at radius 2 is 1.84 bits per heavy atom. The average Bonchev–Trinajstić information content (AvgIpc) is 2.55. The molecule has 0 aromatic heterocycles. The van der Waals surface area contributed by atoms with Crippen molar-refractivity contribution in [3.05, 3.63) is 59.7 Å². The Morgan fingerprint density at radius 3 is 2.44 bits per heavy atom. The van der Waals surface area contributed by atoms with Gasteiger partial charge < -0.3 is 15.2 Å². The van der Waals surface area contributed by atoms with Gasteiger partial charge in [0.05, 0.1) is 18.2 Å². The number of likely N-dealkylation sites (N-methyl/N-ethyl adjacent to an activating group) is 1. The van der Waals surface area contributed by atoms with Crippen LogP contribution in [0.5, 0.6) is 0 Å². The van der Waals surface area contributed by atoms with Gasteiger partial charge in [-0.05, 0) is 42.8 Å². The molecule has 0 saturated carbocycles. The number of hydrogen-bond donors (Lipinski definition) is 1. The van der Waals surface area contributed by atoms with Gasteiger partial charge in [0, 0.05) is 18.3 Å². The molecule has 0 radical (unpaired) electrons. The molecule has 1 N–H and O–H groups in total. The third-order valence-corrected chi connectivity index (χ3v) is 3.16. The van der Waals surface area contributed by atoms with E-state index in [1.54, 1.807) is 42.5 Å². The number of anilines is 1. The van der Waals surface area contributed by atoms with Crippen molar-refractivity contribution in [3.63, 3.8) is 0 Å². The zero-order valence-electron chi connectivity index (χ0n) is 14.4. The second-order valence-corrected chi connectivity index (χ2v) is 5.20. The van der Waals surface area contributed by atoms with Crippen molar-refractivity contribution < 1.29 is 44.3 Å². The molecule has 0 bridgehead atoms. The number of carboxylic acids is 1. The first-order valence-electron chi connectivity index (χ1n) is 7.25. The third-order valence-electron chi connectivity index (χ3n) is 3.16. The Balaban J connectivity index is 0.00000312. The SMILES string of the molecule is Cc1cc(N=NN(C)CC(=O)[O-])ccc1NC(=O)c1ccccc1.[Na+]. The molecule has 124 valence electrons. The first-order valence-corrected chi connectivity index (χ1v) is 7.25. The molecule has 1 amide bonds. The number of rotatable bonds is 6. The van der Waals surface area contributed by atoms with Crippen LogP contribution in [0.15, 0.2) is 58.9 Å². The Morgan fingerprint density at radius 1 is 1.16 bits per heavy atom. The Hall–Kier alpha value is -2.22. The topological polar surface area (TPSA) is 97.2 Å². The number of hydrogen-bond acceptors (Lipinski definition) is 5. The largest absolute Gasteiger partial charge is 1.00 e. The summed E-state index contributed by atoms with van der Waals surface area (Å²) in [5, 5.41) is 22.2. The van der Waals surface area contributed by atoms with Gasteiger partial charge in [0.15, 0.2) is 0 Å². The van der Waals surface area contributed by atoms with E-state index >= 15 is 0 Å². The van der Waals surface area contributed by atoms with Gasteiger partial charge in [0.2, 0.25) is 0 Å². The number of carboxylic acid groups (broad SMARTS) is 1. The van der Waals surface area contributed by atoms with E-state index in [1.807, 2.05) is 13.0 Å². The van der Waals surface area contributed by atoms with Gasteiger partial charge in [-0.15, -0.1) is 5.11 Å². The number of benzene rings is 2. The van der Waals surface area contributed by atoms with Gasteiger partial charge >= 0.3 is 29.6 Å². The third kappa shape index (κ3) is 6.66. The summed E-state index contributed by atoms with van der Waals surface area (Å²) in [6.45, 7) is 1.50. The van der Waals surface area contributed by atoms with E-state index < -0.39 is 5.97 Å². The van der Waals surface area contributed by atoms with Crippen molar-refractivity contribution in [1.29, 1.82) is 0 Å². The van der Waals surface area contributed by atoms with Crippen LogP contribution in [0.3, 0.4) is 0 Å². The molecule has 0 unspecified atom stereocenters. The molecule has 2 rings (SSSR count). The summed E-state index contributed by atoms with van der Waals surface area (Å²) in [5.74, 6) is -1.42. The Bertz CT molecular complexity index is 766. The summed E-state index contributed by atoms with van der Waals surface area (Å²) < 4.78 is 0. The van der Waals surface area contributed by atoms with Crippen molar-refractivity contribution >= 4 is 23.3 Å². The summed E-state index contributed by atoms with van der Waals surface area (Å²) in [5.41, 5.74) is 2.61. The summed E-state index contributed by atoms with van der Waals surface area (Å²) in [7, 11) is 1.49. The van der Waals surface area contributed by atoms with Crippen molar-refractivity contribution in [1.82, 2.24) is 5.01 Å². The summed E-state index contributed by atoms with van der Waals surface area (Å²) in [6, 6.07) is 14.1. The Labute approximate surface area is 168 Å². The van der Waals surface area contributed by atoms with Crippen molar-refractivity contribution in [2.24, 2.45) is 10.3 Å². The second kappa shape index (κ2) is 9.93. The second-order valence-electron chi connectivity index (χ2n) is 5.20. The fraction of sp³-hybridized carbons (Fsp3) is 0.176. The van der Waals surface area contributed by atoms with Gasteiger partial charge in [0.25, 0.3) is 5.91 Å². The molecule has 0 atom stereocenters. The fourth-order valence-corrected chi connectivity index (χ4v) is 1.98. The number of carbonyl (C=O) groups is 2. The van der Waals surface area contributed by atoms with Gasteiger partial charge in [-0.1, -0.05) is 23.4 Å². The monoisotopic (exact) mass is 348 g/mol. The fourth-order valence-electron chi connectivity index (χ4n) is 1.98. The standard InChI is InChI=1S/C17H18N4O3.Na/c1-12-10-14(19-20-21(2)11-16(22)23)8-9-15(12)18-17(24)13-6-4-3-5-7-13;/h3-10H,11H2,1-2H3,(H,18,24)(H,22,23);/q;+1/p-1. The molecule has 0 saturated heterocycles. The molecule has 2 aromatic carbocycles. The zero-order valence-corrected chi connectivity index (χ0v) is 16.4. The van der Waals surface area contributed by atoms with Gasteiger partial charge in [-0.3, -0.25) is 9.80 Å². The minimum Gasteiger partial charge on any atom is -0.548 e. The van der Waals surface area contributed by atoms with E-state index in [0.717, 1.165) is 10.6 Å². The predicted octanol–water partition coefficient (Wildman–Crippen LogP) is -1.07. The van der Waals surface area contributed by atoms with Crippen molar-refractivity contribution in [3.8, 4) is 0 Å². The van der Waals surface area contributed by atoms with Crippen LogP contribution in [-0.2, 0) is 4.79 Å². The molecule has 25 heavy (non-hydrogen) atoms. The van der Waals surface area contributed by atoms with Crippen LogP contribution in [0, 0.1) is 6.92 Å². The molecular formula is C17H17N4NaO3. The number of nitrogens with one attached hydrogen (secondary N) is 1. The average molecular weight is 348 g/mol. The van der Waals surface area contributed by atoms with Crippen LogP contribution in [0.1, 0.15) is 15.9 Å². The van der Waals surface area contributed by atoms with Crippen LogP contribution in [-0.4, -0.2) is 30.5 Å². The quantitative estimate of drug-likeness (QED) is 0.408. The van der Waals surface area contributed by atoms with Crippen LogP contribution >= 0.6 is 0 Å². The molecule has 2 aromatic rings. The molecule has 0 aliphatic rings. The minimum absolute atomic E-state index is 0. The number of nitrogens with zero attached hydrogens (tertiary/aromatic N) is 3. The maximum Gasteiger partial charge on any atom is 1.00 e. The molecule has 0 spiro atoms. The molecule has 8 heteroatoms. The molecule has 7 nitrogen and oxygen atoms in total. The molecule has 0 aliphatic carbocycles. The zero-order chi connectivity index (χ0) is 17.5. The summed E-state index contributed by atoms with van der Waals surface area (Å²) in [6.07, 6.45) is 0. The summed E-state index contributed by atoms with van der Waals surface area (Å²) in [4.78, 5) is 22.6. The maximum atomic E-state index is 12.1. The molecular weight excluding hydrogens is 331 g/mol. The van der Waals surface area contributed by atoms with Crippen LogP contribution in [0.4, 0.5) is 11.4 Å². The first kappa shape index (κ1) is 20.8. The van der Waals surface area contributed by atoms with E-state index in [2.05, 4.69) is 15.7 Å². The van der Waals surface area contributed by atoms with E-state index in [1.165, 1.54) is 7.05 Å². The first-order chi connectivity index (χ1) is 11.5. The Kier molecular flexibility index (Phi) is 8.27. The normalized spacial score (nSPS) is 10.2.